The van der Waals surface area contributed by atoms with Gasteiger partial charge in [0, 0.05) is 0 Å². The van der Waals surface area contributed by atoms with E-state index in [0.717, 1.165) is 18.2 Å². The van der Waals surface area contributed by atoms with E-state index in [1.165, 1.54) is 0 Å². The van der Waals surface area contributed by atoms with Crippen LogP contribution in [0.25, 0.3) is 0 Å². The van der Waals surface area contributed by atoms with Gasteiger partial charge in [0.25, 0.3) is 0 Å². The molecule has 96 valence electrons. The van der Waals surface area contributed by atoms with E-state index in [1.54, 1.807) is 13.8 Å². The molecule has 0 aliphatic rings. The van der Waals surface area contributed by atoms with Gasteiger partial charge in [-0.25, -0.2) is 4.39 Å². The lowest BCUT2D eigenvalue weighted by atomic mass is 9.80. The molecule has 0 fully saturated rings. The lowest BCUT2D eigenvalue weighted by Gasteiger charge is -2.26. The van der Waals surface area contributed by atoms with Gasteiger partial charge in [0.15, 0.2) is 0 Å². The molecule has 1 rings (SSSR count). The fourth-order valence-corrected chi connectivity index (χ4v) is 1.72. The number of nitrogens with two attached hydrogens (primary N) is 1. The Morgan fingerprint density at radius 3 is 2.24 bits per heavy atom. The molecular formula is C12H15F4N. The van der Waals surface area contributed by atoms with Crippen LogP contribution in [-0.2, 0) is 11.6 Å². The summed E-state index contributed by atoms with van der Waals surface area (Å²) in [5, 5.41) is 0. The summed E-state index contributed by atoms with van der Waals surface area (Å²) in [6.45, 7) is 3.65. The van der Waals surface area contributed by atoms with Crippen LogP contribution in [0.15, 0.2) is 18.2 Å². The molecule has 0 aromatic heterocycles. The molecule has 0 bridgehead atoms. The van der Waals surface area contributed by atoms with Crippen molar-refractivity contribution in [2.24, 2.45) is 5.73 Å². The summed E-state index contributed by atoms with van der Waals surface area (Å²) >= 11 is 0. The van der Waals surface area contributed by atoms with E-state index in [9.17, 15) is 17.6 Å². The zero-order chi connectivity index (χ0) is 13.3. The second kappa shape index (κ2) is 4.64. The molecule has 1 aromatic carbocycles. The minimum Gasteiger partial charge on any atom is -0.330 e. The lowest BCUT2D eigenvalue weighted by molar-refractivity contribution is -0.137. The molecule has 0 unspecified atom stereocenters. The Morgan fingerprint density at radius 2 is 1.76 bits per heavy atom. The summed E-state index contributed by atoms with van der Waals surface area (Å²) in [7, 11) is 0. The van der Waals surface area contributed by atoms with E-state index in [1.807, 2.05) is 0 Å². The van der Waals surface area contributed by atoms with Gasteiger partial charge in [-0.3, -0.25) is 0 Å². The molecule has 5 heteroatoms. The normalized spacial score (nSPS) is 12.9. The number of hydrogen-bond acceptors (Lipinski definition) is 1. The van der Waals surface area contributed by atoms with Gasteiger partial charge in [-0.15, -0.1) is 0 Å². The summed E-state index contributed by atoms with van der Waals surface area (Å²) in [6, 6.07) is 2.47. The molecule has 17 heavy (non-hydrogen) atoms. The number of alkyl halides is 3. The molecule has 1 nitrogen and oxygen atoms in total. The summed E-state index contributed by atoms with van der Waals surface area (Å²) < 4.78 is 51.1. The van der Waals surface area contributed by atoms with E-state index in [4.69, 9.17) is 5.73 Å². The second-order valence-corrected chi connectivity index (χ2v) is 4.61. The van der Waals surface area contributed by atoms with Gasteiger partial charge < -0.3 is 5.73 Å². The van der Waals surface area contributed by atoms with E-state index >= 15 is 0 Å². The first-order chi connectivity index (χ1) is 7.68. The minimum atomic E-state index is -4.46. The molecule has 2 N–H and O–H groups in total. The third-order valence-corrected chi connectivity index (χ3v) is 2.79. The van der Waals surface area contributed by atoms with E-state index in [0.29, 0.717) is 13.0 Å². The van der Waals surface area contributed by atoms with Crippen LogP contribution in [0, 0.1) is 5.82 Å². The van der Waals surface area contributed by atoms with Crippen molar-refractivity contribution in [3.63, 3.8) is 0 Å². The zero-order valence-corrected chi connectivity index (χ0v) is 9.74. The molecule has 1 aromatic rings. The van der Waals surface area contributed by atoms with Crippen molar-refractivity contribution in [1.29, 1.82) is 0 Å². The maximum Gasteiger partial charge on any atom is 0.416 e. The third kappa shape index (κ3) is 3.19. The van der Waals surface area contributed by atoms with Gasteiger partial charge in [0.2, 0.25) is 0 Å². The highest BCUT2D eigenvalue weighted by molar-refractivity contribution is 5.32. The summed E-state index contributed by atoms with van der Waals surface area (Å²) in [6.07, 6.45) is -4.04. The van der Waals surface area contributed by atoms with Crippen molar-refractivity contribution in [1.82, 2.24) is 0 Å². The topological polar surface area (TPSA) is 26.0 Å². The number of rotatable bonds is 3. The third-order valence-electron chi connectivity index (χ3n) is 2.79. The van der Waals surface area contributed by atoms with E-state index in [2.05, 4.69) is 0 Å². The minimum absolute atomic E-state index is 0.0535. The lowest BCUT2D eigenvalue weighted by Crippen LogP contribution is -2.24. The Hall–Kier alpha value is -1.10. The molecule has 0 saturated heterocycles. The Morgan fingerprint density at radius 1 is 1.18 bits per heavy atom. The summed E-state index contributed by atoms with van der Waals surface area (Å²) in [5.74, 6) is -0.628. The Kier molecular flexibility index (Phi) is 3.81. The van der Waals surface area contributed by atoms with Gasteiger partial charge in [-0.05, 0) is 42.1 Å². The average Bonchev–Trinajstić information content (AvgIpc) is 2.15. The van der Waals surface area contributed by atoms with Crippen LogP contribution in [0.3, 0.4) is 0 Å². The number of hydrogen-bond donors (Lipinski definition) is 1. The summed E-state index contributed by atoms with van der Waals surface area (Å²) in [4.78, 5) is 0. The Balaban J connectivity index is 3.24. The smallest absolute Gasteiger partial charge is 0.330 e. The highest BCUT2D eigenvalue weighted by Crippen LogP contribution is 2.35. The standard InChI is InChI=1S/C12H15F4N/c1-11(2,5-6-17)9-7-8(12(14,15)16)3-4-10(9)13/h3-4,7H,5-6,17H2,1-2H3. The quantitative estimate of drug-likeness (QED) is 0.815. The van der Waals surface area contributed by atoms with Crippen molar-refractivity contribution >= 4 is 0 Å². The fraction of sp³-hybridized carbons (Fsp3) is 0.500. The van der Waals surface area contributed by atoms with Gasteiger partial charge in [-0.1, -0.05) is 13.8 Å². The van der Waals surface area contributed by atoms with Gasteiger partial charge in [0.05, 0.1) is 5.56 Å². The van der Waals surface area contributed by atoms with Crippen LogP contribution >= 0.6 is 0 Å². The average molecular weight is 249 g/mol. The first-order valence-corrected chi connectivity index (χ1v) is 5.26. The molecule has 0 atom stereocenters. The fourth-order valence-electron chi connectivity index (χ4n) is 1.72. The van der Waals surface area contributed by atoms with Crippen LogP contribution in [0.1, 0.15) is 31.4 Å². The Bertz CT molecular complexity index is 396. The van der Waals surface area contributed by atoms with Crippen LogP contribution in [0.5, 0.6) is 0 Å². The highest BCUT2D eigenvalue weighted by atomic mass is 19.4. The molecule has 0 saturated carbocycles. The predicted octanol–water partition coefficient (Wildman–Crippen LogP) is 3.47. The molecule has 0 aliphatic heterocycles. The summed E-state index contributed by atoms with van der Waals surface area (Å²) in [5.41, 5.74) is 3.89. The van der Waals surface area contributed by atoms with Crippen molar-refractivity contribution in [3.05, 3.63) is 35.1 Å². The van der Waals surface area contributed by atoms with Crippen LogP contribution in [0.4, 0.5) is 17.6 Å². The van der Waals surface area contributed by atoms with Crippen LogP contribution < -0.4 is 5.73 Å². The zero-order valence-electron chi connectivity index (χ0n) is 9.74. The first-order valence-electron chi connectivity index (χ1n) is 5.26. The molecular weight excluding hydrogens is 234 g/mol. The largest absolute Gasteiger partial charge is 0.416 e. The van der Waals surface area contributed by atoms with Gasteiger partial charge in [-0.2, -0.15) is 13.2 Å². The second-order valence-electron chi connectivity index (χ2n) is 4.61. The van der Waals surface area contributed by atoms with Gasteiger partial charge in [0.1, 0.15) is 5.82 Å². The van der Waals surface area contributed by atoms with Crippen molar-refractivity contribution in [3.8, 4) is 0 Å². The maximum absolute atomic E-state index is 13.6. The molecule has 0 aliphatic carbocycles. The number of benzene rings is 1. The molecule has 0 amide bonds. The first kappa shape index (κ1) is 14.0. The van der Waals surface area contributed by atoms with E-state index in [-0.39, 0.29) is 5.56 Å². The van der Waals surface area contributed by atoms with E-state index < -0.39 is 23.0 Å². The highest BCUT2D eigenvalue weighted by Gasteiger charge is 2.33. The van der Waals surface area contributed by atoms with Crippen LogP contribution in [-0.4, -0.2) is 6.54 Å². The number of halogens is 4. The predicted molar refractivity (Wildman–Crippen MR) is 58.1 cm³/mol. The Labute approximate surface area is 97.6 Å². The monoisotopic (exact) mass is 249 g/mol. The van der Waals surface area contributed by atoms with Crippen molar-refractivity contribution in [2.45, 2.75) is 31.9 Å². The molecule has 0 spiro atoms. The molecule has 0 heterocycles. The molecule has 0 radical (unpaired) electrons. The van der Waals surface area contributed by atoms with Crippen molar-refractivity contribution < 1.29 is 17.6 Å². The SMILES string of the molecule is CC(C)(CCN)c1cc(C(F)(F)F)ccc1F. The van der Waals surface area contributed by atoms with Crippen LogP contribution in [0.2, 0.25) is 0 Å². The maximum atomic E-state index is 13.6. The van der Waals surface area contributed by atoms with Gasteiger partial charge >= 0.3 is 6.18 Å². The van der Waals surface area contributed by atoms with Crippen molar-refractivity contribution in [2.75, 3.05) is 6.54 Å².